The lowest BCUT2D eigenvalue weighted by molar-refractivity contribution is 0.238. The highest BCUT2D eigenvalue weighted by atomic mass is 35.5. The van der Waals surface area contributed by atoms with Crippen molar-refractivity contribution in [1.29, 1.82) is 0 Å². The van der Waals surface area contributed by atoms with E-state index in [1.807, 2.05) is 12.1 Å². The first-order valence-corrected chi connectivity index (χ1v) is 7.21. The number of hydrogen-bond donors (Lipinski definition) is 1. The molecule has 0 saturated heterocycles. The summed E-state index contributed by atoms with van der Waals surface area (Å²) in [7, 11) is 0. The van der Waals surface area contributed by atoms with E-state index in [4.69, 9.17) is 16.3 Å². The van der Waals surface area contributed by atoms with Gasteiger partial charge in [0.15, 0.2) is 0 Å². The van der Waals surface area contributed by atoms with Crippen LogP contribution < -0.4 is 10.1 Å². The van der Waals surface area contributed by atoms with Gasteiger partial charge in [0, 0.05) is 12.1 Å². The highest BCUT2D eigenvalue weighted by Crippen LogP contribution is 2.29. The van der Waals surface area contributed by atoms with Gasteiger partial charge in [-0.25, -0.2) is 0 Å². The summed E-state index contributed by atoms with van der Waals surface area (Å²) in [5.74, 6) is 1.44. The minimum atomic E-state index is 0.605. The average Bonchev–Trinajstić information content (AvgIpc) is 2.39. The van der Waals surface area contributed by atoms with Crippen LogP contribution in [-0.4, -0.2) is 13.2 Å². The summed E-state index contributed by atoms with van der Waals surface area (Å²) in [6, 6.07) is 5.93. The van der Waals surface area contributed by atoms with E-state index in [-0.39, 0.29) is 0 Å². The maximum atomic E-state index is 6.23. The summed E-state index contributed by atoms with van der Waals surface area (Å²) in [4.78, 5) is 0. The van der Waals surface area contributed by atoms with E-state index in [0.717, 1.165) is 43.9 Å². The Kier molecular flexibility index (Phi) is 7.14. The summed E-state index contributed by atoms with van der Waals surface area (Å²) in [6.45, 7) is 8.98. The van der Waals surface area contributed by atoms with Crippen LogP contribution in [0.1, 0.15) is 39.2 Å². The van der Waals surface area contributed by atoms with E-state index >= 15 is 0 Å². The van der Waals surface area contributed by atoms with Gasteiger partial charge in [-0.1, -0.05) is 57.3 Å². The highest BCUT2D eigenvalue weighted by Gasteiger charge is 2.10. The first-order valence-electron chi connectivity index (χ1n) is 6.83. The van der Waals surface area contributed by atoms with Crippen molar-refractivity contribution in [2.75, 3.05) is 13.2 Å². The van der Waals surface area contributed by atoms with Crippen LogP contribution in [0.5, 0.6) is 5.75 Å². The molecule has 0 amide bonds. The van der Waals surface area contributed by atoms with Gasteiger partial charge in [-0.15, -0.1) is 0 Å². The van der Waals surface area contributed by atoms with Gasteiger partial charge in [0.2, 0.25) is 0 Å². The molecule has 0 aliphatic rings. The Morgan fingerprint density at radius 2 is 1.94 bits per heavy atom. The van der Waals surface area contributed by atoms with Crippen LogP contribution in [0.3, 0.4) is 0 Å². The molecule has 0 aliphatic heterocycles. The molecule has 0 spiro atoms. The fourth-order valence-electron chi connectivity index (χ4n) is 1.84. The lowest BCUT2D eigenvalue weighted by atomic mass is 10.1. The van der Waals surface area contributed by atoms with E-state index < -0.39 is 0 Å². The van der Waals surface area contributed by atoms with Gasteiger partial charge in [0.25, 0.3) is 0 Å². The average molecular weight is 270 g/mol. The molecule has 1 rings (SSSR count). The van der Waals surface area contributed by atoms with E-state index in [9.17, 15) is 0 Å². The number of halogens is 1. The molecule has 0 fully saturated rings. The second-order valence-electron chi connectivity index (χ2n) is 4.50. The normalized spacial score (nSPS) is 10.9. The van der Waals surface area contributed by atoms with Gasteiger partial charge in [0.1, 0.15) is 5.75 Å². The second-order valence-corrected chi connectivity index (χ2v) is 4.91. The molecule has 18 heavy (non-hydrogen) atoms. The molecule has 0 radical (unpaired) electrons. The largest absolute Gasteiger partial charge is 0.491 e. The van der Waals surface area contributed by atoms with E-state index in [2.05, 4.69) is 32.2 Å². The van der Waals surface area contributed by atoms with Crippen LogP contribution in [0.15, 0.2) is 18.2 Å². The standard InChI is InChI=1S/C15H24ClNO/c1-4-12(5-2)11-18-15-13(10-17-6-3)8-7-9-14(15)16/h7-9,12,17H,4-6,10-11H2,1-3H3. The Bertz CT molecular complexity index is 350. The summed E-state index contributed by atoms with van der Waals surface area (Å²) in [5.41, 5.74) is 1.13. The van der Waals surface area contributed by atoms with Gasteiger partial charge in [-0.05, 0) is 18.5 Å². The molecule has 3 heteroatoms. The Morgan fingerprint density at radius 3 is 2.56 bits per heavy atom. The minimum Gasteiger partial charge on any atom is -0.491 e. The number of nitrogens with one attached hydrogen (secondary N) is 1. The SMILES string of the molecule is CCNCc1cccc(Cl)c1OCC(CC)CC. The summed E-state index contributed by atoms with van der Waals surface area (Å²) < 4.78 is 5.94. The molecule has 1 aromatic carbocycles. The molecule has 0 aromatic heterocycles. The molecule has 0 saturated carbocycles. The Morgan fingerprint density at radius 1 is 1.22 bits per heavy atom. The zero-order valence-corrected chi connectivity index (χ0v) is 12.4. The minimum absolute atomic E-state index is 0.605. The first-order chi connectivity index (χ1) is 8.72. The fourth-order valence-corrected chi connectivity index (χ4v) is 2.09. The number of ether oxygens (including phenoxy) is 1. The molecular formula is C15H24ClNO. The first kappa shape index (κ1) is 15.3. The monoisotopic (exact) mass is 269 g/mol. The topological polar surface area (TPSA) is 21.3 Å². The van der Waals surface area contributed by atoms with Crippen molar-refractivity contribution in [3.8, 4) is 5.75 Å². The maximum absolute atomic E-state index is 6.23. The van der Waals surface area contributed by atoms with Gasteiger partial charge in [-0.3, -0.25) is 0 Å². The molecule has 0 heterocycles. The number of para-hydroxylation sites is 1. The lowest BCUT2D eigenvalue weighted by Gasteiger charge is -2.17. The van der Waals surface area contributed by atoms with Crippen LogP contribution in [-0.2, 0) is 6.54 Å². The number of benzene rings is 1. The van der Waals surface area contributed by atoms with Crippen molar-refractivity contribution >= 4 is 11.6 Å². The van der Waals surface area contributed by atoms with Gasteiger partial charge < -0.3 is 10.1 Å². The fraction of sp³-hybridized carbons (Fsp3) is 0.600. The van der Waals surface area contributed by atoms with Crippen molar-refractivity contribution in [1.82, 2.24) is 5.32 Å². The van der Waals surface area contributed by atoms with Crippen LogP contribution >= 0.6 is 11.6 Å². The van der Waals surface area contributed by atoms with E-state index in [0.29, 0.717) is 10.9 Å². The molecule has 102 valence electrons. The Balaban J connectivity index is 2.72. The van der Waals surface area contributed by atoms with Crippen molar-refractivity contribution in [2.45, 2.75) is 40.2 Å². The molecule has 1 aromatic rings. The molecule has 1 N–H and O–H groups in total. The molecular weight excluding hydrogens is 246 g/mol. The van der Waals surface area contributed by atoms with Crippen molar-refractivity contribution < 1.29 is 4.74 Å². The maximum Gasteiger partial charge on any atom is 0.142 e. The van der Waals surface area contributed by atoms with Crippen LogP contribution in [0.25, 0.3) is 0 Å². The zero-order valence-electron chi connectivity index (χ0n) is 11.6. The molecule has 0 bridgehead atoms. The van der Waals surface area contributed by atoms with E-state index in [1.165, 1.54) is 0 Å². The summed E-state index contributed by atoms with van der Waals surface area (Å²) in [6.07, 6.45) is 2.28. The predicted octanol–water partition coefficient (Wildman–Crippen LogP) is 4.26. The zero-order chi connectivity index (χ0) is 13.4. The van der Waals surface area contributed by atoms with Crippen molar-refractivity contribution in [3.05, 3.63) is 28.8 Å². The Hall–Kier alpha value is -0.730. The molecule has 0 atom stereocenters. The molecule has 0 aliphatic carbocycles. The van der Waals surface area contributed by atoms with Gasteiger partial charge in [0.05, 0.1) is 11.6 Å². The number of hydrogen-bond acceptors (Lipinski definition) is 2. The van der Waals surface area contributed by atoms with Gasteiger partial charge in [-0.2, -0.15) is 0 Å². The quantitative estimate of drug-likeness (QED) is 0.761. The lowest BCUT2D eigenvalue weighted by Crippen LogP contribution is -2.15. The highest BCUT2D eigenvalue weighted by molar-refractivity contribution is 6.32. The van der Waals surface area contributed by atoms with Crippen LogP contribution in [0.2, 0.25) is 5.02 Å². The van der Waals surface area contributed by atoms with E-state index in [1.54, 1.807) is 0 Å². The Labute approximate surface area is 116 Å². The van der Waals surface area contributed by atoms with Crippen LogP contribution in [0.4, 0.5) is 0 Å². The van der Waals surface area contributed by atoms with Crippen molar-refractivity contribution in [3.63, 3.8) is 0 Å². The number of rotatable bonds is 8. The summed E-state index contributed by atoms with van der Waals surface area (Å²) in [5, 5.41) is 4.01. The third-order valence-electron chi connectivity index (χ3n) is 3.23. The predicted molar refractivity (Wildman–Crippen MR) is 78.4 cm³/mol. The second kappa shape index (κ2) is 8.39. The summed E-state index contributed by atoms with van der Waals surface area (Å²) >= 11 is 6.23. The third-order valence-corrected chi connectivity index (χ3v) is 3.53. The van der Waals surface area contributed by atoms with Crippen molar-refractivity contribution in [2.24, 2.45) is 5.92 Å². The third kappa shape index (κ3) is 4.51. The molecule has 2 nitrogen and oxygen atoms in total. The van der Waals surface area contributed by atoms with Gasteiger partial charge >= 0.3 is 0 Å². The van der Waals surface area contributed by atoms with Crippen LogP contribution in [0, 0.1) is 5.92 Å². The molecule has 0 unspecified atom stereocenters. The smallest absolute Gasteiger partial charge is 0.142 e.